The van der Waals surface area contributed by atoms with Crippen molar-refractivity contribution in [3.63, 3.8) is 0 Å². The molecule has 0 radical (unpaired) electrons. The molecule has 0 amide bonds. The monoisotopic (exact) mass is 344 g/mol. The summed E-state index contributed by atoms with van der Waals surface area (Å²) >= 11 is 1.83. The molecule has 3 heterocycles. The van der Waals surface area contributed by atoms with Gasteiger partial charge in [0.05, 0.1) is 5.69 Å². The van der Waals surface area contributed by atoms with E-state index in [1.54, 1.807) is 0 Å². The molecule has 0 saturated heterocycles. The number of hydrogen-bond acceptors (Lipinski definition) is 2. The van der Waals surface area contributed by atoms with Gasteiger partial charge in [-0.3, -0.25) is 0 Å². The molecule has 23 heavy (non-hydrogen) atoms. The van der Waals surface area contributed by atoms with E-state index in [2.05, 4.69) is 53.4 Å². The Hall–Kier alpha value is -1.58. The lowest BCUT2D eigenvalue weighted by Crippen LogP contribution is -2.08. The number of thiophene rings is 1. The number of nitrogens with zero attached hydrogens (tertiary/aromatic N) is 2. The van der Waals surface area contributed by atoms with Crippen molar-refractivity contribution in [2.24, 2.45) is 0 Å². The number of halogens is 1. The van der Waals surface area contributed by atoms with Crippen LogP contribution in [0.4, 0.5) is 0 Å². The highest BCUT2D eigenvalue weighted by atomic mass is 35.5. The van der Waals surface area contributed by atoms with E-state index in [-0.39, 0.29) is 12.4 Å². The topological polar surface area (TPSA) is 17.8 Å². The summed E-state index contributed by atoms with van der Waals surface area (Å²) in [6.45, 7) is 3.32. The van der Waals surface area contributed by atoms with Crippen molar-refractivity contribution in [2.45, 2.75) is 39.2 Å². The summed E-state index contributed by atoms with van der Waals surface area (Å²) in [7, 11) is 0. The number of aryl methyl sites for hydroxylation is 3. The second-order valence-corrected chi connectivity index (χ2v) is 6.85. The smallest absolute Gasteiger partial charge is 0.109 e. The highest BCUT2D eigenvalue weighted by Crippen LogP contribution is 2.30. The van der Waals surface area contributed by atoms with Crippen molar-refractivity contribution in [2.75, 3.05) is 0 Å². The van der Waals surface area contributed by atoms with Gasteiger partial charge < -0.3 is 4.57 Å². The molecule has 0 saturated carbocycles. The number of aromatic nitrogens is 2. The molecule has 0 aliphatic carbocycles. The molecule has 120 valence electrons. The van der Waals surface area contributed by atoms with E-state index in [1.807, 2.05) is 11.3 Å². The Balaban J connectivity index is 0.00000156. The van der Waals surface area contributed by atoms with Crippen LogP contribution in [-0.4, -0.2) is 9.55 Å². The molecule has 4 heteroatoms. The van der Waals surface area contributed by atoms with E-state index >= 15 is 0 Å². The van der Waals surface area contributed by atoms with Crippen LogP contribution < -0.4 is 0 Å². The zero-order valence-electron chi connectivity index (χ0n) is 13.3. The molecular formula is C19H21ClN2S. The lowest BCUT2D eigenvalue weighted by atomic mass is 10.1. The van der Waals surface area contributed by atoms with Gasteiger partial charge in [0.25, 0.3) is 0 Å². The standard InChI is InChI=1S/C19H20N2S.ClH/c1-2-14-11-18(22-13-14)16-8-6-15(7-9-16)17-12-21-10-4-3-5-19(21)20-17;/h6-9,11-13H,2-5,10H2,1H3;1H. The number of benzene rings is 1. The summed E-state index contributed by atoms with van der Waals surface area (Å²) in [5.74, 6) is 1.25. The van der Waals surface area contributed by atoms with E-state index in [0.29, 0.717) is 0 Å². The molecule has 3 aromatic rings. The van der Waals surface area contributed by atoms with Gasteiger partial charge in [-0.05, 0) is 41.8 Å². The van der Waals surface area contributed by atoms with Crippen LogP contribution in [0.5, 0.6) is 0 Å². The molecular weight excluding hydrogens is 324 g/mol. The maximum atomic E-state index is 4.81. The molecule has 0 atom stereocenters. The summed E-state index contributed by atoms with van der Waals surface area (Å²) in [6.07, 6.45) is 6.99. The molecule has 1 aliphatic heterocycles. The zero-order chi connectivity index (χ0) is 14.9. The molecule has 1 aliphatic rings. The Bertz CT molecular complexity index is 763. The first-order chi connectivity index (χ1) is 10.8. The van der Waals surface area contributed by atoms with E-state index in [1.165, 1.54) is 40.2 Å². The van der Waals surface area contributed by atoms with Crippen molar-refractivity contribution in [3.8, 4) is 21.7 Å². The van der Waals surface area contributed by atoms with Crippen LogP contribution in [0.2, 0.25) is 0 Å². The fraction of sp³-hybridized carbons (Fsp3) is 0.316. The molecule has 2 aromatic heterocycles. The van der Waals surface area contributed by atoms with E-state index in [0.717, 1.165) is 25.1 Å². The van der Waals surface area contributed by atoms with Crippen molar-refractivity contribution in [3.05, 3.63) is 53.3 Å². The summed E-state index contributed by atoms with van der Waals surface area (Å²) in [5.41, 5.74) is 5.06. The summed E-state index contributed by atoms with van der Waals surface area (Å²) in [4.78, 5) is 6.16. The number of hydrogen-bond donors (Lipinski definition) is 0. The quantitative estimate of drug-likeness (QED) is 0.604. The molecule has 0 spiro atoms. The number of imidazole rings is 1. The summed E-state index contributed by atoms with van der Waals surface area (Å²) < 4.78 is 2.32. The minimum atomic E-state index is 0. The van der Waals surface area contributed by atoms with Gasteiger partial charge in [-0.1, -0.05) is 31.2 Å². The molecule has 4 rings (SSSR count). The third-order valence-electron chi connectivity index (χ3n) is 4.44. The minimum Gasteiger partial charge on any atom is -0.334 e. The van der Waals surface area contributed by atoms with E-state index in [4.69, 9.17) is 4.98 Å². The Kier molecular flexibility index (Phi) is 4.88. The Morgan fingerprint density at radius 2 is 1.91 bits per heavy atom. The van der Waals surface area contributed by atoms with Crippen molar-refractivity contribution in [1.29, 1.82) is 0 Å². The third-order valence-corrected chi connectivity index (χ3v) is 5.46. The normalized spacial score (nSPS) is 13.4. The third kappa shape index (κ3) is 3.22. The van der Waals surface area contributed by atoms with Crippen LogP contribution >= 0.6 is 23.7 Å². The summed E-state index contributed by atoms with van der Waals surface area (Å²) in [6, 6.07) is 11.1. The molecule has 1 aromatic carbocycles. The maximum Gasteiger partial charge on any atom is 0.109 e. The van der Waals surface area contributed by atoms with Gasteiger partial charge in [-0.2, -0.15) is 0 Å². The molecule has 2 nitrogen and oxygen atoms in total. The molecule has 0 fully saturated rings. The van der Waals surface area contributed by atoms with E-state index < -0.39 is 0 Å². The Morgan fingerprint density at radius 1 is 1.13 bits per heavy atom. The average Bonchev–Trinajstić information content (AvgIpc) is 3.21. The Labute approximate surface area is 147 Å². The van der Waals surface area contributed by atoms with Crippen LogP contribution in [0.15, 0.2) is 41.9 Å². The molecule has 0 unspecified atom stereocenters. The van der Waals surface area contributed by atoms with Crippen LogP contribution in [0.3, 0.4) is 0 Å². The predicted octanol–water partition coefficient (Wildman–Crippen LogP) is 5.60. The van der Waals surface area contributed by atoms with Crippen molar-refractivity contribution < 1.29 is 0 Å². The van der Waals surface area contributed by atoms with Gasteiger partial charge in [-0.15, -0.1) is 23.7 Å². The minimum absolute atomic E-state index is 0. The first kappa shape index (κ1) is 16.3. The van der Waals surface area contributed by atoms with Crippen molar-refractivity contribution >= 4 is 23.7 Å². The maximum absolute atomic E-state index is 4.81. The second kappa shape index (κ2) is 6.90. The first-order valence-corrected chi connectivity index (χ1v) is 8.96. The number of rotatable bonds is 3. The van der Waals surface area contributed by atoms with Gasteiger partial charge in [0.1, 0.15) is 5.82 Å². The lowest BCUT2D eigenvalue weighted by molar-refractivity contribution is 0.522. The van der Waals surface area contributed by atoms with Gasteiger partial charge >= 0.3 is 0 Å². The largest absolute Gasteiger partial charge is 0.334 e. The van der Waals surface area contributed by atoms with Gasteiger partial charge in [0.2, 0.25) is 0 Å². The van der Waals surface area contributed by atoms with E-state index in [9.17, 15) is 0 Å². The van der Waals surface area contributed by atoms with Gasteiger partial charge in [-0.25, -0.2) is 4.98 Å². The van der Waals surface area contributed by atoms with Crippen LogP contribution in [0, 0.1) is 0 Å². The first-order valence-electron chi connectivity index (χ1n) is 8.08. The summed E-state index contributed by atoms with van der Waals surface area (Å²) in [5, 5.41) is 2.26. The highest BCUT2D eigenvalue weighted by molar-refractivity contribution is 7.13. The zero-order valence-corrected chi connectivity index (χ0v) is 14.9. The SMILES string of the molecule is CCc1csc(-c2ccc(-c3cn4c(n3)CCCC4)cc2)c1.Cl. The fourth-order valence-corrected chi connectivity index (χ4v) is 4.07. The van der Waals surface area contributed by atoms with Crippen LogP contribution in [-0.2, 0) is 19.4 Å². The van der Waals surface area contributed by atoms with Gasteiger partial charge in [0.15, 0.2) is 0 Å². The molecule has 0 bridgehead atoms. The average molecular weight is 345 g/mol. The Morgan fingerprint density at radius 3 is 2.61 bits per heavy atom. The molecule has 0 N–H and O–H groups in total. The van der Waals surface area contributed by atoms with Crippen LogP contribution in [0.1, 0.15) is 31.2 Å². The number of fused-ring (bicyclic) bond motifs is 1. The lowest BCUT2D eigenvalue weighted by Gasteiger charge is -2.11. The van der Waals surface area contributed by atoms with Crippen molar-refractivity contribution in [1.82, 2.24) is 9.55 Å². The van der Waals surface area contributed by atoms with Crippen LogP contribution in [0.25, 0.3) is 21.7 Å². The highest BCUT2D eigenvalue weighted by Gasteiger charge is 2.13. The van der Waals surface area contributed by atoms with Gasteiger partial charge in [0, 0.05) is 29.6 Å². The predicted molar refractivity (Wildman–Crippen MR) is 101 cm³/mol. The second-order valence-electron chi connectivity index (χ2n) is 5.94. The fourth-order valence-electron chi connectivity index (χ4n) is 3.07.